The molecule has 0 aliphatic heterocycles. The van der Waals surface area contributed by atoms with E-state index in [9.17, 15) is 18.0 Å². The van der Waals surface area contributed by atoms with Gasteiger partial charge in [-0.2, -0.15) is 0 Å². The van der Waals surface area contributed by atoms with E-state index in [0.717, 1.165) is 16.7 Å². The van der Waals surface area contributed by atoms with Gasteiger partial charge in [0.2, 0.25) is 0 Å². The van der Waals surface area contributed by atoms with Crippen LogP contribution in [0, 0.1) is 0 Å². The van der Waals surface area contributed by atoms with Crippen molar-refractivity contribution in [3.05, 3.63) is 70.1 Å². The van der Waals surface area contributed by atoms with Gasteiger partial charge in [0.15, 0.2) is 9.84 Å². The van der Waals surface area contributed by atoms with Crippen LogP contribution in [0.2, 0.25) is 5.02 Å². The molecule has 0 saturated carbocycles. The summed E-state index contributed by atoms with van der Waals surface area (Å²) in [6, 6.07) is 14.5. The molecule has 9 heteroatoms. The van der Waals surface area contributed by atoms with Crippen molar-refractivity contribution in [2.75, 3.05) is 18.2 Å². The van der Waals surface area contributed by atoms with Crippen LogP contribution in [0.3, 0.4) is 0 Å². The van der Waals surface area contributed by atoms with Crippen molar-refractivity contribution in [2.24, 2.45) is 0 Å². The Morgan fingerprint density at radius 3 is 2.43 bits per heavy atom. The number of rotatable bonds is 6. The molecule has 1 N–H and O–H groups in total. The lowest BCUT2D eigenvalue weighted by Gasteiger charge is -2.07. The van der Waals surface area contributed by atoms with Crippen LogP contribution in [-0.2, 0) is 14.6 Å². The molecule has 1 aromatic heterocycles. The quantitative estimate of drug-likeness (QED) is 0.525. The summed E-state index contributed by atoms with van der Waals surface area (Å²) < 4.78 is 28.6. The van der Waals surface area contributed by atoms with Gasteiger partial charge in [-0.3, -0.25) is 4.79 Å². The molecule has 0 bridgehead atoms. The number of ether oxygens (including phenoxy) is 1. The van der Waals surface area contributed by atoms with Crippen LogP contribution in [0.4, 0.5) is 5.69 Å². The average molecular weight is 464 g/mol. The molecule has 1 heterocycles. The molecule has 0 aliphatic rings. The van der Waals surface area contributed by atoms with E-state index < -0.39 is 21.7 Å². The van der Waals surface area contributed by atoms with E-state index >= 15 is 0 Å². The summed E-state index contributed by atoms with van der Waals surface area (Å²) in [6.45, 7) is 1.89. The summed E-state index contributed by atoms with van der Waals surface area (Å²) >= 11 is 7.12. The third-order valence-corrected chi connectivity index (χ3v) is 6.62. The molecule has 6 nitrogen and oxygen atoms in total. The van der Waals surface area contributed by atoms with Gasteiger partial charge in [0.1, 0.15) is 4.88 Å². The number of carbonyl (C=O) groups excluding carboxylic acids is 2. The van der Waals surface area contributed by atoms with Gasteiger partial charge in [0.25, 0.3) is 5.91 Å². The number of sulfone groups is 1. The zero-order valence-electron chi connectivity index (χ0n) is 16.1. The highest BCUT2D eigenvalue weighted by Crippen LogP contribution is 2.36. The van der Waals surface area contributed by atoms with Crippen LogP contribution in [0.25, 0.3) is 10.4 Å². The van der Waals surface area contributed by atoms with Crippen LogP contribution in [0.15, 0.2) is 59.5 Å². The van der Waals surface area contributed by atoms with Crippen molar-refractivity contribution < 1.29 is 22.7 Å². The molecule has 30 heavy (non-hydrogen) atoms. The van der Waals surface area contributed by atoms with Gasteiger partial charge in [0.05, 0.1) is 17.2 Å². The predicted octanol–water partition coefficient (Wildman–Crippen LogP) is 4.90. The van der Waals surface area contributed by atoms with Crippen molar-refractivity contribution in [1.29, 1.82) is 0 Å². The molecule has 0 saturated heterocycles. The van der Waals surface area contributed by atoms with Gasteiger partial charge in [-0.15, -0.1) is 11.3 Å². The van der Waals surface area contributed by atoms with E-state index in [1.165, 1.54) is 35.6 Å². The molecule has 0 radical (unpaired) electrons. The molecular weight excluding hydrogens is 446 g/mol. The predicted molar refractivity (Wildman–Crippen MR) is 118 cm³/mol. The number of carbonyl (C=O) groups is 2. The monoisotopic (exact) mass is 463 g/mol. The molecule has 2 aromatic carbocycles. The number of hydrogen-bond acceptors (Lipinski definition) is 6. The minimum atomic E-state index is -3.46. The molecule has 3 rings (SSSR count). The third kappa shape index (κ3) is 5.08. The third-order valence-electron chi connectivity index (χ3n) is 4.09. The summed E-state index contributed by atoms with van der Waals surface area (Å²) in [5.41, 5.74) is 1.28. The van der Waals surface area contributed by atoms with Crippen LogP contribution in [-0.4, -0.2) is 33.2 Å². The first kappa shape index (κ1) is 22.0. The lowest BCUT2D eigenvalue weighted by atomic mass is 10.1. The SMILES string of the molecule is CCOC(=O)c1sc(-c2ccc(Cl)cc2)cc1NC(=O)c1cccc(S(C)(=O)=O)c1. The first-order valence-electron chi connectivity index (χ1n) is 8.87. The summed E-state index contributed by atoms with van der Waals surface area (Å²) in [5, 5.41) is 3.28. The number of nitrogens with one attached hydrogen (secondary N) is 1. The fraction of sp³-hybridized carbons (Fsp3) is 0.143. The number of halogens is 1. The zero-order valence-corrected chi connectivity index (χ0v) is 18.5. The summed E-state index contributed by atoms with van der Waals surface area (Å²) in [5.74, 6) is -1.09. The van der Waals surface area contributed by atoms with Crippen molar-refractivity contribution in [3.8, 4) is 10.4 Å². The Kier molecular flexibility index (Phi) is 6.60. The number of benzene rings is 2. The molecule has 156 valence electrons. The number of hydrogen-bond donors (Lipinski definition) is 1. The van der Waals surface area contributed by atoms with E-state index in [-0.39, 0.29) is 27.6 Å². The second-order valence-corrected chi connectivity index (χ2v) is 9.84. The topological polar surface area (TPSA) is 89.5 Å². The summed E-state index contributed by atoms with van der Waals surface area (Å²) in [6.07, 6.45) is 1.07. The fourth-order valence-corrected chi connectivity index (χ4v) is 4.46. The van der Waals surface area contributed by atoms with Crippen LogP contribution in [0.1, 0.15) is 27.0 Å². The van der Waals surface area contributed by atoms with Crippen molar-refractivity contribution in [1.82, 2.24) is 0 Å². The maximum absolute atomic E-state index is 12.7. The van der Waals surface area contributed by atoms with E-state index in [4.69, 9.17) is 16.3 Å². The zero-order chi connectivity index (χ0) is 21.9. The minimum absolute atomic E-state index is 0.0351. The highest BCUT2D eigenvalue weighted by molar-refractivity contribution is 7.90. The van der Waals surface area contributed by atoms with Crippen LogP contribution < -0.4 is 5.32 Å². The second-order valence-electron chi connectivity index (χ2n) is 6.33. The number of amides is 1. The summed E-state index contributed by atoms with van der Waals surface area (Å²) in [7, 11) is -3.46. The Balaban J connectivity index is 1.97. The van der Waals surface area contributed by atoms with Gasteiger partial charge in [-0.1, -0.05) is 29.8 Å². The number of esters is 1. The first-order chi connectivity index (χ1) is 14.2. The lowest BCUT2D eigenvalue weighted by molar-refractivity contribution is 0.0533. The number of anilines is 1. The lowest BCUT2D eigenvalue weighted by Crippen LogP contribution is -2.15. The van der Waals surface area contributed by atoms with Gasteiger partial charge >= 0.3 is 5.97 Å². The van der Waals surface area contributed by atoms with E-state index in [0.29, 0.717) is 5.02 Å². The van der Waals surface area contributed by atoms with Crippen LogP contribution in [0.5, 0.6) is 0 Å². The van der Waals surface area contributed by atoms with Gasteiger partial charge in [-0.05, 0) is 48.9 Å². The van der Waals surface area contributed by atoms with Gasteiger partial charge in [0, 0.05) is 21.7 Å². The highest BCUT2D eigenvalue weighted by atomic mass is 35.5. The Morgan fingerprint density at radius 2 is 1.80 bits per heavy atom. The van der Waals surface area contributed by atoms with E-state index in [1.54, 1.807) is 25.1 Å². The van der Waals surface area contributed by atoms with E-state index in [1.807, 2.05) is 12.1 Å². The van der Waals surface area contributed by atoms with Crippen LogP contribution >= 0.6 is 22.9 Å². The Bertz CT molecular complexity index is 1200. The van der Waals surface area contributed by atoms with Gasteiger partial charge < -0.3 is 10.1 Å². The molecule has 0 spiro atoms. The molecular formula is C21H18ClNO5S2. The maximum Gasteiger partial charge on any atom is 0.350 e. The largest absolute Gasteiger partial charge is 0.462 e. The Labute approximate surface area is 183 Å². The minimum Gasteiger partial charge on any atom is -0.462 e. The summed E-state index contributed by atoms with van der Waals surface area (Å²) in [4.78, 5) is 26.2. The smallest absolute Gasteiger partial charge is 0.350 e. The van der Waals surface area contributed by atoms with Crippen molar-refractivity contribution in [3.63, 3.8) is 0 Å². The molecule has 3 aromatic rings. The van der Waals surface area contributed by atoms with Gasteiger partial charge in [-0.25, -0.2) is 13.2 Å². The molecule has 0 unspecified atom stereocenters. The normalized spacial score (nSPS) is 11.2. The fourth-order valence-electron chi connectivity index (χ4n) is 2.65. The molecule has 0 atom stereocenters. The second kappa shape index (κ2) is 8.99. The Hall–Kier alpha value is -2.68. The number of thiophene rings is 1. The average Bonchev–Trinajstić information content (AvgIpc) is 3.12. The standard InChI is InChI=1S/C21H18ClNO5S2/c1-3-28-21(25)19-17(12-18(29-19)13-7-9-15(22)10-8-13)23-20(24)14-5-4-6-16(11-14)30(2,26)27/h4-12H,3H2,1-2H3,(H,23,24). The molecule has 1 amide bonds. The highest BCUT2D eigenvalue weighted by Gasteiger charge is 2.21. The van der Waals surface area contributed by atoms with Crippen molar-refractivity contribution in [2.45, 2.75) is 11.8 Å². The maximum atomic E-state index is 12.7. The Morgan fingerprint density at radius 1 is 1.10 bits per heavy atom. The molecule has 0 fully saturated rings. The van der Waals surface area contributed by atoms with E-state index in [2.05, 4.69) is 5.32 Å². The van der Waals surface area contributed by atoms with Crippen molar-refractivity contribution >= 4 is 50.3 Å². The molecule has 0 aliphatic carbocycles. The first-order valence-corrected chi connectivity index (χ1v) is 12.0.